The van der Waals surface area contributed by atoms with Crippen LogP contribution in [-0.4, -0.2) is 15.2 Å². The van der Waals surface area contributed by atoms with Crippen molar-refractivity contribution in [2.75, 3.05) is 0 Å². The van der Waals surface area contributed by atoms with E-state index in [-0.39, 0.29) is 23.6 Å². The highest BCUT2D eigenvalue weighted by Gasteiger charge is 2.18. The minimum absolute atomic E-state index is 0.207. The van der Waals surface area contributed by atoms with Crippen molar-refractivity contribution in [2.45, 2.75) is 6.61 Å². The maximum Gasteiger partial charge on any atom is 0.217 e. The van der Waals surface area contributed by atoms with Gasteiger partial charge in [0.05, 0.1) is 29.7 Å². The second-order valence-electron chi connectivity index (χ2n) is 4.37. The van der Waals surface area contributed by atoms with Gasteiger partial charge < -0.3 is 4.74 Å². The summed E-state index contributed by atoms with van der Waals surface area (Å²) in [5.41, 5.74) is 0.957. The van der Waals surface area contributed by atoms with Gasteiger partial charge in [0.2, 0.25) is 5.88 Å². The van der Waals surface area contributed by atoms with E-state index in [1.807, 2.05) is 30.3 Å². The van der Waals surface area contributed by atoms with Gasteiger partial charge in [-0.2, -0.15) is 5.10 Å². The topological polar surface area (TPSA) is 50.8 Å². The van der Waals surface area contributed by atoms with Gasteiger partial charge in [0, 0.05) is 0 Å². The zero-order chi connectivity index (χ0) is 14.7. The quantitative estimate of drug-likeness (QED) is 0.800. The lowest BCUT2D eigenvalue weighted by atomic mass is 10.1. The Kier molecular flexibility index (Phi) is 3.59. The molecule has 3 rings (SSSR count). The van der Waals surface area contributed by atoms with Gasteiger partial charge in [-0.15, -0.1) is 0 Å². The predicted octanol–water partition coefficient (Wildman–Crippen LogP) is 3.33. The maximum atomic E-state index is 13.8. The Balaban J connectivity index is 1.88. The highest BCUT2D eigenvalue weighted by Crippen LogP contribution is 2.31. The lowest BCUT2D eigenvalue weighted by Gasteiger charge is -2.07. The van der Waals surface area contributed by atoms with Gasteiger partial charge in [0.25, 0.3) is 0 Å². The molecule has 0 saturated carbocycles. The Morgan fingerprint density at radius 3 is 2.43 bits per heavy atom. The van der Waals surface area contributed by atoms with Crippen molar-refractivity contribution in [3.05, 3.63) is 66.1 Å². The fraction of sp³-hybridized carbons (Fsp3) is 0.0667. The van der Waals surface area contributed by atoms with E-state index >= 15 is 0 Å². The molecule has 0 fully saturated rings. The van der Waals surface area contributed by atoms with E-state index in [1.54, 1.807) is 0 Å². The molecule has 2 heterocycles. The number of aromatic nitrogens is 3. The molecule has 21 heavy (non-hydrogen) atoms. The minimum atomic E-state index is -0.763. The van der Waals surface area contributed by atoms with E-state index in [1.165, 1.54) is 6.20 Å². The van der Waals surface area contributed by atoms with Crippen LogP contribution in [-0.2, 0) is 6.61 Å². The van der Waals surface area contributed by atoms with Gasteiger partial charge in [0.15, 0.2) is 11.6 Å². The molecular formula is C15H11F2N3O. The Bertz CT molecular complexity index is 723. The van der Waals surface area contributed by atoms with Crippen LogP contribution < -0.4 is 4.74 Å². The zero-order valence-corrected chi connectivity index (χ0v) is 10.9. The number of nitrogens with zero attached hydrogens (tertiary/aromatic N) is 2. The summed E-state index contributed by atoms with van der Waals surface area (Å²) in [6.45, 7) is 0.268. The number of benzene rings is 1. The number of ether oxygens (including phenoxy) is 1. The van der Waals surface area contributed by atoms with Crippen LogP contribution in [0.2, 0.25) is 0 Å². The molecule has 0 amide bonds. The molecule has 1 aromatic carbocycles. The standard InChI is InChI=1S/C15H11F2N3O/c16-12-7-18-8-13(17)14(12)11-6-19-20-15(11)21-9-10-4-2-1-3-5-10/h1-8H,9H2,(H,19,20). The summed E-state index contributed by atoms with van der Waals surface area (Å²) in [7, 11) is 0. The number of hydrogen-bond acceptors (Lipinski definition) is 3. The Hall–Kier alpha value is -2.76. The average Bonchev–Trinajstić information content (AvgIpc) is 2.94. The summed E-state index contributed by atoms with van der Waals surface area (Å²) in [6, 6.07) is 9.45. The summed E-state index contributed by atoms with van der Waals surface area (Å²) in [4.78, 5) is 3.46. The smallest absolute Gasteiger partial charge is 0.217 e. The molecular weight excluding hydrogens is 276 g/mol. The van der Waals surface area contributed by atoms with Gasteiger partial charge >= 0.3 is 0 Å². The van der Waals surface area contributed by atoms with E-state index in [0.29, 0.717) is 0 Å². The molecule has 0 spiro atoms. The third-order valence-electron chi connectivity index (χ3n) is 2.95. The largest absolute Gasteiger partial charge is 0.473 e. The number of pyridine rings is 1. The maximum absolute atomic E-state index is 13.8. The number of H-pyrrole nitrogens is 1. The van der Waals surface area contributed by atoms with E-state index < -0.39 is 11.6 Å². The molecule has 1 N–H and O–H groups in total. The first kappa shape index (κ1) is 13.2. The summed E-state index contributed by atoms with van der Waals surface area (Å²) < 4.78 is 33.1. The van der Waals surface area contributed by atoms with Crippen LogP contribution in [0.4, 0.5) is 8.78 Å². The Labute approximate surface area is 119 Å². The van der Waals surface area contributed by atoms with Crippen LogP contribution in [0.1, 0.15) is 5.56 Å². The molecule has 106 valence electrons. The van der Waals surface area contributed by atoms with Crippen molar-refractivity contribution < 1.29 is 13.5 Å². The first-order valence-corrected chi connectivity index (χ1v) is 6.25. The van der Waals surface area contributed by atoms with Crippen LogP contribution >= 0.6 is 0 Å². The second-order valence-corrected chi connectivity index (χ2v) is 4.37. The van der Waals surface area contributed by atoms with Crippen molar-refractivity contribution in [2.24, 2.45) is 0 Å². The van der Waals surface area contributed by atoms with Crippen molar-refractivity contribution in [1.29, 1.82) is 0 Å². The normalized spacial score (nSPS) is 10.6. The first-order valence-electron chi connectivity index (χ1n) is 6.25. The third kappa shape index (κ3) is 2.74. The van der Waals surface area contributed by atoms with Crippen molar-refractivity contribution in [3.8, 4) is 17.0 Å². The fourth-order valence-corrected chi connectivity index (χ4v) is 1.96. The summed E-state index contributed by atoms with van der Waals surface area (Å²) in [5, 5.41) is 6.39. The molecule has 0 atom stereocenters. The molecule has 0 unspecified atom stereocenters. The number of rotatable bonds is 4. The van der Waals surface area contributed by atoms with Gasteiger partial charge in [-0.1, -0.05) is 30.3 Å². The highest BCUT2D eigenvalue weighted by molar-refractivity contribution is 5.68. The molecule has 0 aliphatic carbocycles. The first-order chi connectivity index (χ1) is 10.3. The van der Waals surface area contributed by atoms with E-state index in [9.17, 15) is 8.78 Å². The number of hydrogen-bond donors (Lipinski definition) is 1. The number of aromatic amines is 1. The van der Waals surface area contributed by atoms with Crippen LogP contribution in [0, 0.1) is 11.6 Å². The molecule has 0 bridgehead atoms. The molecule has 4 nitrogen and oxygen atoms in total. The number of halogens is 2. The minimum Gasteiger partial charge on any atom is -0.473 e. The molecule has 0 aliphatic rings. The highest BCUT2D eigenvalue weighted by atomic mass is 19.1. The zero-order valence-electron chi connectivity index (χ0n) is 10.9. The summed E-state index contributed by atoms with van der Waals surface area (Å²) in [6.07, 6.45) is 3.22. The molecule has 0 saturated heterocycles. The molecule has 2 aromatic heterocycles. The van der Waals surface area contributed by atoms with Gasteiger partial charge in [-0.25, -0.2) is 13.9 Å². The average molecular weight is 287 g/mol. The Morgan fingerprint density at radius 2 is 1.71 bits per heavy atom. The van der Waals surface area contributed by atoms with Gasteiger partial charge in [0.1, 0.15) is 6.61 Å². The van der Waals surface area contributed by atoms with Crippen LogP contribution in [0.5, 0.6) is 5.88 Å². The van der Waals surface area contributed by atoms with E-state index in [2.05, 4.69) is 15.2 Å². The molecule has 0 radical (unpaired) electrons. The molecule has 3 aromatic rings. The van der Waals surface area contributed by atoms with E-state index in [4.69, 9.17) is 4.74 Å². The van der Waals surface area contributed by atoms with E-state index in [0.717, 1.165) is 18.0 Å². The molecule has 0 aliphatic heterocycles. The Morgan fingerprint density at radius 1 is 1.00 bits per heavy atom. The predicted molar refractivity (Wildman–Crippen MR) is 72.5 cm³/mol. The fourth-order valence-electron chi connectivity index (χ4n) is 1.96. The second kappa shape index (κ2) is 5.70. The number of nitrogens with one attached hydrogen (secondary N) is 1. The SMILES string of the molecule is Fc1cncc(F)c1-c1cn[nH]c1OCc1ccccc1. The van der Waals surface area contributed by atoms with Crippen molar-refractivity contribution in [1.82, 2.24) is 15.2 Å². The van der Waals surface area contributed by atoms with Crippen LogP contribution in [0.15, 0.2) is 48.9 Å². The monoisotopic (exact) mass is 287 g/mol. The van der Waals surface area contributed by atoms with Gasteiger partial charge in [-0.3, -0.25) is 4.98 Å². The summed E-state index contributed by atoms with van der Waals surface area (Å²) in [5.74, 6) is -1.32. The lowest BCUT2D eigenvalue weighted by molar-refractivity contribution is 0.294. The van der Waals surface area contributed by atoms with Crippen LogP contribution in [0.25, 0.3) is 11.1 Å². The molecule has 6 heteroatoms. The lowest BCUT2D eigenvalue weighted by Crippen LogP contribution is -1.98. The van der Waals surface area contributed by atoms with Crippen molar-refractivity contribution in [3.63, 3.8) is 0 Å². The third-order valence-corrected chi connectivity index (χ3v) is 2.95. The van der Waals surface area contributed by atoms with Gasteiger partial charge in [-0.05, 0) is 5.56 Å². The summed E-state index contributed by atoms with van der Waals surface area (Å²) >= 11 is 0. The van der Waals surface area contributed by atoms with Crippen LogP contribution in [0.3, 0.4) is 0 Å². The van der Waals surface area contributed by atoms with Crippen molar-refractivity contribution >= 4 is 0 Å².